The highest BCUT2D eigenvalue weighted by molar-refractivity contribution is 7.90. The first kappa shape index (κ1) is 11.9. The Morgan fingerprint density at radius 1 is 1.11 bits per heavy atom. The molecule has 0 amide bonds. The van der Waals surface area contributed by atoms with Gasteiger partial charge < -0.3 is 5.32 Å². The maximum Gasteiger partial charge on any atom is 0.285 e. The van der Waals surface area contributed by atoms with E-state index < -0.39 is 10.0 Å². The lowest BCUT2D eigenvalue weighted by atomic mass is 10.2. The molecule has 1 aromatic carbocycles. The average Bonchev–Trinajstić information content (AvgIpc) is 2.65. The second-order valence-electron chi connectivity index (χ2n) is 4.21. The highest BCUT2D eigenvalue weighted by Crippen LogP contribution is 2.26. The molecule has 0 saturated carbocycles. The first-order chi connectivity index (χ1) is 9.08. The van der Waals surface area contributed by atoms with E-state index in [2.05, 4.69) is 14.7 Å². The summed E-state index contributed by atoms with van der Waals surface area (Å²) in [5, 5.41) is 2.98. The molecule has 0 spiro atoms. The smallest absolute Gasteiger partial charge is 0.285 e. The van der Waals surface area contributed by atoms with Gasteiger partial charge in [0.25, 0.3) is 10.0 Å². The average molecular weight is 273 g/mol. The van der Waals surface area contributed by atoms with Crippen molar-refractivity contribution in [2.45, 2.75) is 11.8 Å². The van der Waals surface area contributed by atoms with Gasteiger partial charge in [0, 0.05) is 11.8 Å². The van der Waals surface area contributed by atoms with E-state index in [1.54, 1.807) is 30.5 Å². The van der Waals surface area contributed by atoms with E-state index in [1.165, 1.54) is 0 Å². The number of nitrogens with one attached hydrogen (secondary N) is 1. The summed E-state index contributed by atoms with van der Waals surface area (Å²) in [5.41, 5.74) is 1.50. The summed E-state index contributed by atoms with van der Waals surface area (Å²) in [6, 6.07) is 10.5. The van der Waals surface area contributed by atoms with Crippen molar-refractivity contribution >= 4 is 21.7 Å². The second-order valence-corrected chi connectivity index (χ2v) is 5.78. The zero-order valence-corrected chi connectivity index (χ0v) is 11.0. The summed E-state index contributed by atoms with van der Waals surface area (Å²) in [5.74, 6) is 0.922. The van der Waals surface area contributed by atoms with Crippen molar-refractivity contribution in [3.05, 3.63) is 53.7 Å². The molecule has 2 heterocycles. The van der Waals surface area contributed by atoms with Crippen LogP contribution in [-0.4, -0.2) is 19.2 Å². The van der Waals surface area contributed by atoms with Gasteiger partial charge >= 0.3 is 0 Å². The highest BCUT2D eigenvalue weighted by atomic mass is 32.2. The quantitative estimate of drug-likeness (QED) is 0.862. The van der Waals surface area contributed by atoms with Gasteiger partial charge in [-0.25, -0.2) is 4.98 Å². The van der Waals surface area contributed by atoms with E-state index in [4.69, 9.17) is 0 Å². The van der Waals surface area contributed by atoms with Crippen LogP contribution >= 0.6 is 0 Å². The summed E-state index contributed by atoms with van der Waals surface area (Å²) < 4.78 is 27.5. The monoisotopic (exact) mass is 273 g/mol. The number of anilines is 1. The summed E-state index contributed by atoms with van der Waals surface area (Å²) in [6.45, 7) is 1.89. The fourth-order valence-corrected chi connectivity index (χ4v) is 3.10. The van der Waals surface area contributed by atoms with Crippen LogP contribution in [0.2, 0.25) is 0 Å². The summed E-state index contributed by atoms with van der Waals surface area (Å²) in [7, 11) is -3.59. The van der Waals surface area contributed by atoms with E-state index in [-0.39, 0.29) is 4.90 Å². The highest BCUT2D eigenvalue weighted by Gasteiger charge is 2.28. The van der Waals surface area contributed by atoms with Gasteiger partial charge in [0.1, 0.15) is 10.7 Å². The molecule has 0 bridgehead atoms. The third-order valence-electron chi connectivity index (χ3n) is 2.88. The van der Waals surface area contributed by atoms with E-state index in [1.807, 2.05) is 19.1 Å². The molecular formula is C13H11N3O2S. The van der Waals surface area contributed by atoms with Crippen molar-refractivity contribution in [2.75, 3.05) is 5.32 Å². The van der Waals surface area contributed by atoms with Gasteiger partial charge in [-0.05, 0) is 30.7 Å². The zero-order chi connectivity index (χ0) is 13.5. The maximum atomic E-state index is 11.9. The van der Waals surface area contributed by atoms with Gasteiger partial charge in [-0.3, -0.25) is 0 Å². The predicted molar refractivity (Wildman–Crippen MR) is 72.8 cm³/mol. The summed E-state index contributed by atoms with van der Waals surface area (Å²) in [4.78, 5) is 4.40. The molecule has 0 unspecified atom stereocenters. The Hall–Kier alpha value is -2.21. The molecule has 96 valence electrons. The van der Waals surface area contributed by atoms with Crippen LogP contribution in [0.4, 0.5) is 5.82 Å². The van der Waals surface area contributed by atoms with Crippen molar-refractivity contribution in [1.29, 1.82) is 0 Å². The number of rotatable bonds is 1. The number of aryl methyl sites for hydroxylation is 1. The molecular weight excluding hydrogens is 262 g/mol. The molecule has 1 aromatic heterocycles. The van der Waals surface area contributed by atoms with Gasteiger partial charge in [0.2, 0.25) is 0 Å². The Morgan fingerprint density at radius 2 is 1.89 bits per heavy atom. The molecule has 0 atom stereocenters. The minimum atomic E-state index is -3.59. The molecule has 0 radical (unpaired) electrons. The minimum Gasteiger partial charge on any atom is -0.324 e. The van der Waals surface area contributed by atoms with Crippen molar-refractivity contribution < 1.29 is 8.42 Å². The molecule has 3 rings (SSSR count). The summed E-state index contributed by atoms with van der Waals surface area (Å²) >= 11 is 0. The standard InChI is InChI=1S/C13H11N3O2S/c1-9-5-4-8-14-12(9)15-13-10-6-2-3-7-11(10)19(17,18)16-13/h2-8H,1H3,(H,14,15,16). The number of hydrogen-bond donors (Lipinski definition) is 1. The van der Waals surface area contributed by atoms with Crippen molar-refractivity contribution in [3.8, 4) is 0 Å². The Labute approximate surface area is 111 Å². The van der Waals surface area contributed by atoms with E-state index in [0.717, 1.165) is 5.56 Å². The number of aromatic nitrogens is 1. The van der Waals surface area contributed by atoms with Gasteiger partial charge in [0.15, 0.2) is 5.84 Å². The lowest BCUT2D eigenvalue weighted by Gasteiger charge is -2.07. The lowest BCUT2D eigenvalue weighted by molar-refractivity contribution is 0.599. The largest absolute Gasteiger partial charge is 0.324 e. The molecule has 0 aliphatic carbocycles. The second kappa shape index (κ2) is 4.17. The SMILES string of the molecule is Cc1cccnc1NC1=NS(=O)(=O)c2ccccc21. The van der Waals surface area contributed by atoms with Crippen LogP contribution in [0.5, 0.6) is 0 Å². The number of nitrogens with zero attached hydrogens (tertiary/aromatic N) is 2. The van der Waals surface area contributed by atoms with E-state index >= 15 is 0 Å². The Morgan fingerprint density at radius 3 is 2.68 bits per heavy atom. The van der Waals surface area contributed by atoms with Gasteiger partial charge in [-0.2, -0.15) is 8.42 Å². The number of pyridine rings is 1. The molecule has 1 N–H and O–H groups in total. The van der Waals surface area contributed by atoms with Crippen LogP contribution in [0.3, 0.4) is 0 Å². The van der Waals surface area contributed by atoms with Gasteiger partial charge in [0.05, 0.1) is 0 Å². The molecule has 5 nitrogen and oxygen atoms in total. The van der Waals surface area contributed by atoms with Crippen LogP contribution in [0.25, 0.3) is 0 Å². The number of fused-ring (bicyclic) bond motifs is 1. The first-order valence-electron chi connectivity index (χ1n) is 5.71. The van der Waals surface area contributed by atoms with Crippen molar-refractivity contribution in [2.24, 2.45) is 4.40 Å². The van der Waals surface area contributed by atoms with Crippen LogP contribution in [0.15, 0.2) is 51.9 Å². The maximum absolute atomic E-state index is 11.9. The summed E-state index contributed by atoms with van der Waals surface area (Å²) in [6.07, 6.45) is 1.64. The number of hydrogen-bond acceptors (Lipinski definition) is 4. The Kier molecular flexibility index (Phi) is 2.60. The lowest BCUT2D eigenvalue weighted by Crippen LogP contribution is -2.13. The fourth-order valence-electron chi connectivity index (χ4n) is 1.92. The first-order valence-corrected chi connectivity index (χ1v) is 7.15. The molecule has 1 aliphatic heterocycles. The number of benzene rings is 1. The normalized spacial score (nSPS) is 15.7. The number of sulfonamides is 1. The molecule has 2 aromatic rings. The Balaban J connectivity index is 2.07. The van der Waals surface area contributed by atoms with Crippen LogP contribution < -0.4 is 5.32 Å². The molecule has 19 heavy (non-hydrogen) atoms. The van der Waals surface area contributed by atoms with E-state index in [0.29, 0.717) is 17.2 Å². The molecule has 0 fully saturated rings. The number of amidine groups is 1. The zero-order valence-electron chi connectivity index (χ0n) is 10.2. The molecule has 0 saturated heterocycles. The topological polar surface area (TPSA) is 71.4 Å². The molecule has 1 aliphatic rings. The minimum absolute atomic E-state index is 0.228. The Bertz CT molecular complexity index is 782. The van der Waals surface area contributed by atoms with Crippen LogP contribution in [0, 0.1) is 6.92 Å². The fraction of sp³-hybridized carbons (Fsp3) is 0.0769. The van der Waals surface area contributed by atoms with Crippen molar-refractivity contribution in [1.82, 2.24) is 4.98 Å². The van der Waals surface area contributed by atoms with Crippen LogP contribution in [0.1, 0.15) is 11.1 Å². The molecule has 6 heteroatoms. The van der Waals surface area contributed by atoms with Crippen molar-refractivity contribution in [3.63, 3.8) is 0 Å². The third kappa shape index (κ3) is 2.00. The third-order valence-corrected chi connectivity index (χ3v) is 4.21. The van der Waals surface area contributed by atoms with Crippen LogP contribution in [-0.2, 0) is 10.0 Å². The predicted octanol–water partition coefficient (Wildman–Crippen LogP) is 1.95. The van der Waals surface area contributed by atoms with Gasteiger partial charge in [-0.15, -0.1) is 4.40 Å². The van der Waals surface area contributed by atoms with Gasteiger partial charge in [-0.1, -0.05) is 18.2 Å². The van der Waals surface area contributed by atoms with E-state index in [9.17, 15) is 8.42 Å².